The second-order valence-electron chi connectivity index (χ2n) is 6.35. The topological polar surface area (TPSA) is 64.7 Å². The highest BCUT2D eigenvalue weighted by atomic mass is 35.5. The molecule has 7 heteroatoms. The molecule has 2 saturated heterocycles. The molecule has 6 nitrogen and oxygen atoms in total. The van der Waals surface area contributed by atoms with Crippen LogP contribution in [0.3, 0.4) is 0 Å². The Bertz CT molecular complexity index is 381. The van der Waals surface area contributed by atoms with Crippen molar-refractivity contribution in [2.24, 2.45) is 5.92 Å². The lowest BCUT2D eigenvalue weighted by Crippen LogP contribution is -2.44. The van der Waals surface area contributed by atoms with E-state index in [9.17, 15) is 9.59 Å². The molecule has 122 valence electrons. The summed E-state index contributed by atoms with van der Waals surface area (Å²) >= 11 is 0. The molecule has 0 bridgehead atoms. The summed E-state index contributed by atoms with van der Waals surface area (Å²) in [4.78, 5) is 27.5. The summed E-state index contributed by atoms with van der Waals surface area (Å²) < 4.78 is 0. The first-order valence-electron chi connectivity index (χ1n) is 7.45. The third-order valence-electron chi connectivity index (χ3n) is 4.28. The van der Waals surface area contributed by atoms with Crippen LogP contribution in [0.5, 0.6) is 0 Å². The first-order valence-corrected chi connectivity index (χ1v) is 7.45. The number of likely N-dealkylation sites (tertiary alicyclic amines) is 1. The van der Waals surface area contributed by atoms with Crippen molar-refractivity contribution >= 4 is 24.3 Å². The lowest BCUT2D eigenvalue weighted by Gasteiger charge is -2.32. The second kappa shape index (κ2) is 7.42. The highest BCUT2D eigenvalue weighted by molar-refractivity contribution is 6.06. The van der Waals surface area contributed by atoms with Crippen molar-refractivity contribution in [3.8, 4) is 0 Å². The average molecular weight is 319 g/mol. The first kappa shape index (κ1) is 18.2. The molecule has 0 aliphatic carbocycles. The van der Waals surface area contributed by atoms with Gasteiger partial charge in [0.15, 0.2) is 0 Å². The summed E-state index contributed by atoms with van der Waals surface area (Å²) in [6.45, 7) is 7.95. The van der Waals surface area contributed by atoms with Gasteiger partial charge in [-0.05, 0) is 59.3 Å². The van der Waals surface area contributed by atoms with Gasteiger partial charge in [-0.15, -0.1) is 12.4 Å². The van der Waals surface area contributed by atoms with Gasteiger partial charge in [-0.25, -0.2) is 4.79 Å². The predicted octanol–water partition coefficient (Wildman–Crippen LogP) is 0.670. The number of nitrogens with one attached hydrogen (secondary N) is 2. The molecule has 2 heterocycles. The maximum absolute atomic E-state index is 12.1. The zero-order valence-corrected chi connectivity index (χ0v) is 14.0. The molecule has 2 N–H and O–H groups in total. The molecule has 2 rings (SSSR count). The Morgan fingerprint density at radius 3 is 2.33 bits per heavy atom. The van der Waals surface area contributed by atoms with Gasteiger partial charge in [-0.2, -0.15) is 0 Å². The number of halogens is 1. The van der Waals surface area contributed by atoms with Gasteiger partial charge in [-0.1, -0.05) is 0 Å². The average Bonchev–Trinajstić information content (AvgIpc) is 2.59. The van der Waals surface area contributed by atoms with E-state index in [4.69, 9.17) is 0 Å². The van der Waals surface area contributed by atoms with Crippen molar-refractivity contribution in [2.75, 3.05) is 39.8 Å². The van der Waals surface area contributed by atoms with Crippen LogP contribution in [-0.2, 0) is 4.79 Å². The zero-order chi connectivity index (χ0) is 14.8. The zero-order valence-electron chi connectivity index (χ0n) is 13.1. The van der Waals surface area contributed by atoms with E-state index in [0.29, 0.717) is 6.54 Å². The molecule has 0 aromatic heterocycles. The van der Waals surface area contributed by atoms with E-state index < -0.39 is 5.54 Å². The number of hydrogen-bond donors (Lipinski definition) is 2. The molecule has 0 saturated carbocycles. The maximum atomic E-state index is 12.1. The molecule has 2 aliphatic heterocycles. The predicted molar refractivity (Wildman–Crippen MR) is 84.7 cm³/mol. The number of amides is 3. The third kappa shape index (κ3) is 4.31. The van der Waals surface area contributed by atoms with Gasteiger partial charge < -0.3 is 15.5 Å². The number of hydrogen-bond acceptors (Lipinski definition) is 4. The standard InChI is InChI=1S/C14H26N4O2.ClH/c1-14(2)12(19)18(13(20)16-14)9-8-17-6-4-11(5-7-17)10-15-3;/h11,15H,4-10H2,1-3H3,(H,16,20);1H. The van der Waals surface area contributed by atoms with Crippen LogP contribution in [0.4, 0.5) is 4.79 Å². The third-order valence-corrected chi connectivity index (χ3v) is 4.28. The summed E-state index contributed by atoms with van der Waals surface area (Å²) in [6.07, 6.45) is 2.37. The van der Waals surface area contributed by atoms with Crippen LogP contribution >= 0.6 is 12.4 Å². The van der Waals surface area contributed by atoms with Gasteiger partial charge >= 0.3 is 6.03 Å². The summed E-state index contributed by atoms with van der Waals surface area (Å²) in [5, 5.41) is 5.94. The Morgan fingerprint density at radius 1 is 1.24 bits per heavy atom. The van der Waals surface area contributed by atoms with Crippen LogP contribution in [0.15, 0.2) is 0 Å². The number of carbonyl (C=O) groups is 2. The summed E-state index contributed by atoms with van der Waals surface area (Å²) in [5.74, 6) is 0.638. The molecule has 2 aliphatic rings. The minimum atomic E-state index is -0.753. The molecule has 0 aromatic carbocycles. The number of imide groups is 1. The van der Waals surface area contributed by atoms with E-state index in [1.165, 1.54) is 17.7 Å². The van der Waals surface area contributed by atoms with Crippen LogP contribution in [0.2, 0.25) is 0 Å². The summed E-state index contributed by atoms with van der Waals surface area (Å²) in [7, 11) is 1.99. The Morgan fingerprint density at radius 2 is 1.86 bits per heavy atom. The Labute approximate surface area is 133 Å². The molecular weight excluding hydrogens is 292 g/mol. The molecular formula is C14H27ClN4O2. The van der Waals surface area contributed by atoms with E-state index in [2.05, 4.69) is 15.5 Å². The van der Waals surface area contributed by atoms with Crippen molar-refractivity contribution in [3.05, 3.63) is 0 Å². The van der Waals surface area contributed by atoms with Crippen molar-refractivity contribution < 1.29 is 9.59 Å². The van der Waals surface area contributed by atoms with E-state index in [1.54, 1.807) is 13.8 Å². The van der Waals surface area contributed by atoms with Crippen LogP contribution in [-0.4, -0.2) is 67.0 Å². The lowest BCUT2D eigenvalue weighted by atomic mass is 9.97. The van der Waals surface area contributed by atoms with Crippen LogP contribution in [0.1, 0.15) is 26.7 Å². The molecule has 0 unspecified atom stereocenters. The maximum Gasteiger partial charge on any atom is 0.325 e. The molecule has 2 fully saturated rings. The first-order chi connectivity index (χ1) is 9.44. The van der Waals surface area contributed by atoms with Crippen LogP contribution in [0, 0.1) is 5.92 Å². The van der Waals surface area contributed by atoms with E-state index in [1.807, 2.05) is 7.05 Å². The second-order valence-corrected chi connectivity index (χ2v) is 6.35. The Hall–Kier alpha value is -0.850. The fraction of sp³-hybridized carbons (Fsp3) is 0.857. The lowest BCUT2D eigenvalue weighted by molar-refractivity contribution is -0.130. The van der Waals surface area contributed by atoms with Gasteiger partial charge in [0.05, 0.1) is 0 Å². The number of piperidine rings is 1. The number of carbonyl (C=O) groups excluding carboxylic acids is 2. The molecule has 0 radical (unpaired) electrons. The normalized spacial score (nSPS) is 23.1. The summed E-state index contributed by atoms with van der Waals surface area (Å²) in [6, 6.07) is -0.259. The summed E-state index contributed by atoms with van der Waals surface area (Å²) in [5.41, 5.74) is -0.753. The molecule has 3 amide bonds. The highest BCUT2D eigenvalue weighted by Gasteiger charge is 2.43. The Balaban J connectivity index is 0.00000220. The van der Waals surface area contributed by atoms with Crippen LogP contribution < -0.4 is 10.6 Å². The molecule has 0 spiro atoms. The number of nitrogens with zero attached hydrogens (tertiary/aromatic N) is 2. The number of urea groups is 1. The smallest absolute Gasteiger partial charge is 0.324 e. The van der Waals surface area contributed by atoms with E-state index in [0.717, 1.165) is 32.1 Å². The fourth-order valence-corrected chi connectivity index (χ4v) is 2.97. The molecule has 21 heavy (non-hydrogen) atoms. The largest absolute Gasteiger partial charge is 0.325 e. The fourth-order valence-electron chi connectivity index (χ4n) is 2.97. The SMILES string of the molecule is CNCC1CCN(CCN2C(=O)NC(C)(C)C2=O)CC1.Cl. The minimum Gasteiger partial charge on any atom is -0.324 e. The van der Waals surface area contributed by atoms with Gasteiger partial charge in [0, 0.05) is 13.1 Å². The van der Waals surface area contributed by atoms with Crippen molar-refractivity contribution in [2.45, 2.75) is 32.2 Å². The van der Waals surface area contributed by atoms with Crippen molar-refractivity contribution in [1.29, 1.82) is 0 Å². The van der Waals surface area contributed by atoms with Crippen molar-refractivity contribution in [1.82, 2.24) is 20.4 Å². The highest BCUT2D eigenvalue weighted by Crippen LogP contribution is 2.18. The van der Waals surface area contributed by atoms with Gasteiger partial charge in [0.2, 0.25) is 0 Å². The van der Waals surface area contributed by atoms with Gasteiger partial charge in [0.1, 0.15) is 5.54 Å². The molecule has 0 aromatic rings. The number of rotatable bonds is 5. The van der Waals surface area contributed by atoms with Crippen LogP contribution in [0.25, 0.3) is 0 Å². The van der Waals surface area contributed by atoms with E-state index >= 15 is 0 Å². The quantitative estimate of drug-likeness (QED) is 0.731. The Kier molecular flexibility index (Phi) is 6.43. The van der Waals surface area contributed by atoms with Gasteiger partial charge in [-0.3, -0.25) is 9.69 Å². The van der Waals surface area contributed by atoms with Gasteiger partial charge in [0.25, 0.3) is 5.91 Å². The van der Waals surface area contributed by atoms with E-state index in [-0.39, 0.29) is 24.3 Å². The monoisotopic (exact) mass is 318 g/mol. The minimum absolute atomic E-state index is 0. The molecule has 0 atom stereocenters. The van der Waals surface area contributed by atoms with Crippen molar-refractivity contribution in [3.63, 3.8) is 0 Å².